The maximum absolute atomic E-state index is 11.3. The highest BCUT2D eigenvalue weighted by molar-refractivity contribution is 6.00. The average molecular weight is 258 g/mol. The highest BCUT2D eigenvalue weighted by Gasteiger charge is 2.19. The van der Waals surface area contributed by atoms with Crippen LogP contribution in [-0.2, 0) is 0 Å². The van der Waals surface area contributed by atoms with E-state index in [0.29, 0.717) is 17.7 Å². The molecule has 0 saturated carbocycles. The third-order valence-electron chi connectivity index (χ3n) is 3.35. The Hall–Kier alpha value is -1.87. The molecule has 2 rings (SSSR count). The number of aldehydes is 1. The minimum atomic E-state index is -0.883. The Balaban J connectivity index is 2.36. The summed E-state index contributed by atoms with van der Waals surface area (Å²) in [6.07, 6.45) is 1.40. The zero-order chi connectivity index (χ0) is 13.9. The van der Waals surface area contributed by atoms with Crippen molar-refractivity contribution >= 4 is 17.1 Å². The van der Waals surface area contributed by atoms with E-state index in [9.17, 15) is 9.90 Å². The highest BCUT2D eigenvalue weighted by Crippen LogP contribution is 2.27. The van der Waals surface area contributed by atoms with Crippen LogP contribution in [0.1, 0.15) is 30.6 Å². The Morgan fingerprint density at radius 3 is 2.68 bits per heavy atom. The van der Waals surface area contributed by atoms with Crippen molar-refractivity contribution in [3.63, 3.8) is 0 Å². The summed E-state index contributed by atoms with van der Waals surface area (Å²) in [5.41, 5.74) is -0.351. The van der Waals surface area contributed by atoms with E-state index in [2.05, 4.69) is 0 Å². The van der Waals surface area contributed by atoms with Crippen LogP contribution in [0.4, 0.5) is 0 Å². The minimum absolute atomic E-state index is 0.169. The Morgan fingerprint density at radius 1 is 1.26 bits per heavy atom. The summed E-state index contributed by atoms with van der Waals surface area (Å²) in [6, 6.07) is 11.4. The zero-order valence-corrected chi connectivity index (χ0v) is 11.2. The highest BCUT2D eigenvalue weighted by atomic mass is 16.5. The molecule has 0 fully saturated rings. The van der Waals surface area contributed by atoms with Crippen LogP contribution in [0.25, 0.3) is 10.8 Å². The number of hydrogen-bond acceptors (Lipinski definition) is 3. The number of ether oxygens (including phenoxy) is 1. The number of aliphatic hydroxyl groups is 1. The smallest absolute Gasteiger partial charge is 0.154 e. The normalized spacial score (nSPS) is 14.1. The second-order valence-corrected chi connectivity index (χ2v) is 4.96. The quantitative estimate of drug-likeness (QED) is 0.838. The lowest BCUT2D eigenvalue weighted by Gasteiger charge is -2.22. The summed E-state index contributed by atoms with van der Waals surface area (Å²) < 4.78 is 5.61. The average Bonchev–Trinajstić information content (AvgIpc) is 2.44. The number of carbonyl (C=O) groups is 1. The summed E-state index contributed by atoms with van der Waals surface area (Å²) in [7, 11) is 0. The fourth-order valence-corrected chi connectivity index (χ4v) is 1.86. The Bertz CT molecular complexity index is 588. The van der Waals surface area contributed by atoms with Gasteiger partial charge in [-0.25, -0.2) is 0 Å². The van der Waals surface area contributed by atoms with Crippen molar-refractivity contribution < 1.29 is 14.6 Å². The van der Waals surface area contributed by atoms with Crippen molar-refractivity contribution in [2.24, 2.45) is 0 Å². The van der Waals surface area contributed by atoms with Gasteiger partial charge in [0.25, 0.3) is 0 Å². The summed E-state index contributed by atoms with van der Waals surface area (Å²) in [5.74, 6) is 0.516. The van der Waals surface area contributed by atoms with Crippen LogP contribution >= 0.6 is 0 Å². The maximum Gasteiger partial charge on any atom is 0.154 e. The van der Waals surface area contributed by atoms with Crippen LogP contribution in [0.3, 0.4) is 0 Å². The molecule has 0 aromatic heterocycles. The molecule has 0 aliphatic carbocycles. The molecule has 1 unspecified atom stereocenters. The number of rotatable bonds is 5. The first-order chi connectivity index (χ1) is 9.07. The van der Waals surface area contributed by atoms with Crippen LogP contribution < -0.4 is 4.74 Å². The van der Waals surface area contributed by atoms with Gasteiger partial charge in [-0.05, 0) is 30.2 Å². The summed E-state index contributed by atoms with van der Waals surface area (Å²) >= 11 is 0. The first kappa shape index (κ1) is 13.6. The molecular weight excluding hydrogens is 240 g/mol. The summed E-state index contributed by atoms with van der Waals surface area (Å²) in [4.78, 5) is 11.3. The lowest BCUT2D eigenvalue weighted by Crippen LogP contribution is -2.31. The Kier molecular flexibility index (Phi) is 3.86. The summed E-state index contributed by atoms with van der Waals surface area (Å²) in [5, 5.41) is 11.8. The molecule has 0 aliphatic rings. The monoisotopic (exact) mass is 258 g/mol. The van der Waals surface area contributed by atoms with Gasteiger partial charge >= 0.3 is 0 Å². The largest absolute Gasteiger partial charge is 0.490 e. The molecule has 0 bridgehead atoms. The van der Waals surface area contributed by atoms with Crippen molar-refractivity contribution in [2.45, 2.75) is 25.9 Å². The van der Waals surface area contributed by atoms with Gasteiger partial charge in [0.2, 0.25) is 0 Å². The van der Waals surface area contributed by atoms with E-state index in [0.717, 1.165) is 17.1 Å². The predicted molar refractivity (Wildman–Crippen MR) is 75.7 cm³/mol. The molecule has 0 amide bonds. The van der Waals surface area contributed by atoms with E-state index in [1.54, 1.807) is 13.0 Å². The van der Waals surface area contributed by atoms with Gasteiger partial charge in [-0.15, -0.1) is 0 Å². The molecule has 0 radical (unpaired) electrons. The molecule has 2 aromatic carbocycles. The molecule has 3 nitrogen and oxygen atoms in total. The number of carbonyl (C=O) groups excluding carboxylic acids is 1. The number of fused-ring (bicyclic) bond motifs is 1. The Morgan fingerprint density at radius 2 is 2.00 bits per heavy atom. The van der Waals surface area contributed by atoms with Crippen LogP contribution in [0.15, 0.2) is 36.4 Å². The lowest BCUT2D eigenvalue weighted by atomic mass is 10.0. The van der Waals surface area contributed by atoms with Crippen LogP contribution in [-0.4, -0.2) is 23.6 Å². The first-order valence-electron chi connectivity index (χ1n) is 6.39. The van der Waals surface area contributed by atoms with Crippen molar-refractivity contribution in [1.82, 2.24) is 0 Å². The first-order valence-corrected chi connectivity index (χ1v) is 6.39. The van der Waals surface area contributed by atoms with Crippen molar-refractivity contribution in [3.8, 4) is 5.75 Å². The molecule has 19 heavy (non-hydrogen) atoms. The van der Waals surface area contributed by atoms with Gasteiger partial charge < -0.3 is 9.84 Å². The molecule has 0 spiro atoms. The number of hydrogen-bond donors (Lipinski definition) is 1. The fraction of sp³-hybridized carbons (Fsp3) is 0.312. The topological polar surface area (TPSA) is 46.5 Å². The van der Waals surface area contributed by atoms with Gasteiger partial charge in [0.05, 0.1) is 11.2 Å². The van der Waals surface area contributed by atoms with Crippen LogP contribution in [0.2, 0.25) is 0 Å². The molecule has 0 heterocycles. The third-order valence-corrected chi connectivity index (χ3v) is 3.35. The molecule has 100 valence electrons. The van der Waals surface area contributed by atoms with Gasteiger partial charge in [0, 0.05) is 0 Å². The van der Waals surface area contributed by atoms with E-state index in [1.165, 1.54) is 0 Å². The fourth-order valence-electron chi connectivity index (χ4n) is 1.86. The SMILES string of the molecule is CCC(C)(O)COc1ccc2ccccc2c1C=O. The van der Waals surface area contributed by atoms with Crippen molar-refractivity contribution in [3.05, 3.63) is 42.0 Å². The zero-order valence-electron chi connectivity index (χ0n) is 11.2. The van der Waals surface area contributed by atoms with Gasteiger partial charge in [0.1, 0.15) is 12.4 Å². The standard InChI is InChI=1S/C16H18O3/c1-3-16(2,18)11-19-15-9-8-12-6-4-5-7-13(12)14(15)10-17/h4-10,18H,3,11H2,1-2H3. The van der Waals surface area contributed by atoms with Crippen LogP contribution in [0.5, 0.6) is 5.75 Å². The van der Waals surface area contributed by atoms with Crippen molar-refractivity contribution in [2.75, 3.05) is 6.61 Å². The van der Waals surface area contributed by atoms with Gasteiger partial charge in [-0.2, -0.15) is 0 Å². The third kappa shape index (κ3) is 2.93. The molecule has 0 aliphatic heterocycles. The molecule has 3 heteroatoms. The van der Waals surface area contributed by atoms with E-state index in [4.69, 9.17) is 4.74 Å². The summed E-state index contributed by atoms with van der Waals surface area (Å²) in [6.45, 7) is 3.78. The molecule has 1 N–H and O–H groups in total. The maximum atomic E-state index is 11.3. The van der Waals surface area contributed by atoms with Gasteiger partial charge in [-0.3, -0.25) is 4.79 Å². The van der Waals surface area contributed by atoms with Gasteiger partial charge in [0.15, 0.2) is 6.29 Å². The predicted octanol–water partition coefficient (Wildman–Crippen LogP) is 3.19. The molecule has 0 saturated heterocycles. The molecular formula is C16H18O3. The lowest BCUT2D eigenvalue weighted by molar-refractivity contribution is 0.00831. The van der Waals surface area contributed by atoms with E-state index in [-0.39, 0.29) is 6.61 Å². The van der Waals surface area contributed by atoms with Crippen molar-refractivity contribution in [1.29, 1.82) is 0 Å². The van der Waals surface area contributed by atoms with E-state index in [1.807, 2.05) is 37.3 Å². The minimum Gasteiger partial charge on any atom is -0.490 e. The molecule has 1 atom stereocenters. The Labute approximate surface area is 112 Å². The second-order valence-electron chi connectivity index (χ2n) is 4.96. The number of benzene rings is 2. The van der Waals surface area contributed by atoms with E-state index >= 15 is 0 Å². The van der Waals surface area contributed by atoms with E-state index < -0.39 is 5.60 Å². The molecule has 2 aromatic rings. The second kappa shape index (κ2) is 5.41. The van der Waals surface area contributed by atoms with Gasteiger partial charge in [-0.1, -0.05) is 37.3 Å². The van der Waals surface area contributed by atoms with Crippen LogP contribution in [0, 0.1) is 0 Å².